The maximum atomic E-state index is 13.4. The molecule has 1 aliphatic rings. The molecule has 0 bridgehead atoms. The number of hydrogen-bond acceptors (Lipinski definition) is 5. The van der Waals surface area contributed by atoms with Crippen LogP contribution >= 0.6 is 0 Å². The molecule has 3 amide bonds. The van der Waals surface area contributed by atoms with E-state index in [4.69, 9.17) is 5.73 Å². The van der Waals surface area contributed by atoms with Crippen LogP contribution in [0.4, 0.5) is 0 Å². The largest absolute Gasteiger partial charge is 0.480 e. The molecule has 0 spiro atoms. The van der Waals surface area contributed by atoms with E-state index >= 15 is 0 Å². The van der Waals surface area contributed by atoms with Crippen LogP contribution in [0.3, 0.4) is 0 Å². The van der Waals surface area contributed by atoms with Crippen molar-refractivity contribution in [3.8, 4) is 0 Å². The van der Waals surface area contributed by atoms with E-state index < -0.39 is 47.9 Å². The van der Waals surface area contributed by atoms with Crippen LogP contribution in [0.1, 0.15) is 58.9 Å². The van der Waals surface area contributed by atoms with Crippen LogP contribution in [-0.4, -0.2) is 64.4 Å². The number of likely N-dealkylation sites (tertiary alicyclic amines) is 1. The third kappa shape index (κ3) is 8.65. The van der Waals surface area contributed by atoms with E-state index in [1.807, 2.05) is 58.0 Å². The molecule has 5 N–H and O–H groups in total. The summed E-state index contributed by atoms with van der Waals surface area (Å²) in [7, 11) is 0. The Morgan fingerprint density at radius 3 is 2.14 bits per heavy atom. The molecule has 4 unspecified atom stereocenters. The molecular weight excluding hydrogens is 448 g/mol. The Labute approximate surface area is 207 Å². The number of nitrogens with one attached hydrogen (secondary N) is 2. The molecule has 0 saturated carbocycles. The van der Waals surface area contributed by atoms with Crippen molar-refractivity contribution in [2.75, 3.05) is 6.54 Å². The number of carboxylic acid groups (broad SMARTS) is 1. The zero-order valence-corrected chi connectivity index (χ0v) is 21.2. The smallest absolute Gasteiger partial charge is 0.326 e. The molecule has 0 aromatic heterocycles. The van der Waals surface area contributed by atoms with Crippen LogP contribution in [0, 0.1) is 11.8 Å². The summed E-state index contributed by atoms with van der Waals surface area (Å²) in [5, 5.41) is 15.1. The number of amides is 3. The Morgan fingerprint density at radius 2 is 1.57 bits per heavy atom. The minimum atomic E-state index is -1.04. The summed E-state index contributed by atoms with van der Waals surface area (Å²) in [5.41, 5.74) is 6.89. The number of carbonyl (C=O) groups excluding carboxylic acids is 3. The number of nitrogens with two attached hydrogens (primary N) is 1. The molecule has 1 saturated heterocycles. The highest BCUT2D eigenvalue weighted by Gasteiger charge is 2.38. The van der Waals surface area contributed by atoms with E-state index in [1.54, 1.807) is 0 Å². The van der Waals surface area contributed by atoms with E-state index in [2.05, 4.69) is 10.6 Å². The predicted octanol–water partition coefficient (Wildman–Crippen LogP) is 1.69. The number of carboxylic acids is 1. The molecule has 35 heavy (non-hydrogen) atoms. The highest BCUT2D eigenvalue weighted by Crippen LogP contribution is 2.20. The number of carbonyl (C=O) groups is 4. The normalized spacial score (nSPS) is 18.3. The van der Waals surface area contributed by atoms with E-state index in [-0.39, 0.29) is 18.3 Å². The van der Waals surface area contributed by atoms with Gasteiger partial charge in [0.2, 0.25) is 17.7 Å². The third-order valence-corrected chi connectivity index (χ3v) is 6.12. The van der Waals surface area contributed by atoms with Gasteiger partial charge in [-0.05, 0) is 43.1 Å². The van der Waals surface area contributed by atoms with Gasteiger partial charge in [-0.2, -0.15) is 0 Å². The lowest BCUT2D eigenvalue weighted by Crippen LogP contribution is -2.58. The Bertz CT molecular complexity index is 874. The Morgan fingerprint density at radius 1 is 0.971 bits per heavy atom. The first-order valence-corrected chi connectivity index (χ1v) is 12.4. The zero-order valence-electron chi connectivity index (χ0n) is 21.2. The van der Waals surface area contributed by atoms with Gasteiger partial charge >= 0.3 is 5.97 Å². The average molecular weight is 489 g/mol. The Hall–Kier alpha value is -2.94. The van der Waals surface area contributed by atoms with Gasteiger partial charge in [-0.1, -0.05) is 58.0 Å². The van der Waals surface area contributed by atoms with Crippen molar-refractivity contribution in [3.05, 3.63) is 35.9 Å². The lowest BCUT2D eigenvalue weighted by Gasteiger charge is -2.30. The molecule has 194 valence electrons. The molecule has 0 aliphatic carbocycles. The summed E-state index contributed by atoms with van der Waals surface area (Å²) in [6, 6.07) is 5.82. The molecule has 1 fully saturated rings. The van der Waals surface area contributed by atoms with Crippen molar-refractivity contribution >= 4 is 23.7 Å². The monoisotopic (exact) mass is 488 g/mol. The van der Waals surface area contributed by atoms with Crippen LogP contribution in [0.5, 0.6) is 0 Å². The fourth-order valence-electron chi connectivity index (χ4n) is 4.41. The quantitative estimate of drug-likeness (QED) is 0.353. The standard InChI is InChI=1S/C26H40N4O5/c1-16(2)13-19(27)23(31)28-20(15-18-9-6-5-7-10-18)24(32)29-21(14-17(3)4)25(33)30-12-8-11-22(30)26(34)35/h5-7,9-10,16-17,19-22H,8,11-15,27H2,1-4H3,(H,28,31)(H,29,32)(H,34,35). The van der Waals surface area contributed by atoms with Crippen LogP contribution < -0.4 is 16.4 Å². The van der Waals surface area contributed by atoms with E-state index in [0.29, 0.717) is 32.2 Å². The number of rotatable bonds is 12. The van der Waals surface area contributed by atoms with Gasteiger partial charge in [0.1, 0.15) is 18.1 Å². The van der Waals surface area contributed by atoms with Gasteiger partial charge in [0.25, 0.3) is 0 Å². The van der Waals surface area contributed by atoms with Crippen LogP contribution in [-0.2, 0) is 25.6 Å². The second kappa shape index (κ2) is 13.2. The summed E-state index contributed by atoms with van der Waals surface area (Å²) in [5.74, 6) is -2.07. The van der Waals surface area contributed by atoms with E-state index in [1.165, 1.54) is 4.90 Å². The molecule has 1 aromatic carbocycles. The molecular formula is C26H40N4O5. The maximum absolute atomic E-state index is 13.4. The highest BCUT2D eigenvalue weighted by molar-refractivity contribution is 5.94. The van der Waals surface area contributed by atoms with E-state index in [0.717, 1.165) is 5.56 Å². The molecule has 1 aromatic rings. The lowest BCUT2D eigenvalue weighted by molar-refractivity contribution is -0.149. The maximum Gasteiger partial charge on any atom is 0.326 e. The van der Waals surface area contributed by atoms with Crippen LogP contribution in [0.15, 0.2) is 30.3 Å². The second-order valence-corrected chi connectivity index (χ2v) is 10.2. The Kier molecular flexibility index (Phi) is 10.7. The van der Waals surface area contributed by atoms with E-state index in [9.17, 15) is 24.3 Å². The molecule has 1 aliphatic heterocycles. The van der Waals surface area contributed by atoms with Gasteiger partial charge < -0.3 is 26.4 Å². The van der Waals surface area contributed by atoms with Crippen LogP contribution in [0.25, 0.3) is 0 Å². The minimum absolute atomic E-state index is 0.0803. The van der Waals surface area contributed by atoms with Gasteiger partial charge in [-0.3, -0.25) is 14.4 Å². The van der Waals surface area contributed by atoms with Gasteiger partial charge in [0.15, 0.2) is 0 Å². The van der Waals surface area contributed by atoms with Crippen molar-refractivity contribution < 1.29 is 24.3 Å². The first-order chi connectivity index (χ1) is 16.5. The fourth-order valence-corrected chi connectivity index (χ4v) is 4.41. The molecule has 4 atom stereocenters. The average Bonchev–Trinajstić information content (AvgIpc) is 3.28. The van der Waals surface area contributed by atoms with Gasteiger partial charge in [-0.15, -0.1) is 0 Å². The number of aliphatic carboxylic acids is 1. The van der Waals surface area contributed by atoms with Crippen molar-refractivity contribution in [1.82, 2.24) is 15.5 Å². The topological polar surface area (TPSA) is 142 Å². The highest BCUT2D eigenvalue weighted by atomic mass is 16.4. The number of benzene rings is 1. The first-order valence-electron chi connectivity index (χ1n) is 12.4. The summed E-state index contributed by atoms with van der Waals surface area (Å²) in [6.45, 7) is 8.13. The predicted molar refractivity (Wildman–Crippen MR) is 133 cm³/mol. The van der Waals surface area contributed by atoms with Crippen molar-refractivity contribution in [2.24, 2.45) is 17.6 Å². The molecule has 1 heterocycles. The summed E-state index contributed by atoms with van der Waals surface area (Å²) >= 11 is 0. The third-order valence-electron chi connectivity index (χ3n) is 6.12. The Balaban J connectivity index is 2.23. The molecule has 0 radical (unpaired) electrons. The minimum Gasteiger partial charge on any atom is -0.480 e. The molecule has 9 heteroatoms. The van der Waals surface area contributed by atoms with Crippen molar-refractivity contribution in [3.63, 3.8) is 0 Å². The summed E-state index contributed by atoms with van der Waals surface area (Å²) in [6.07, 6.45) is 2.06. The number of nitrogens with zero attached hydrogens (tertiary/aromatic N) is 1. The van der Waals surface area contributed by atoms with Crippen LogP contribution in [0.2, 0.25) is 0 Å². The summed E-state index contributed by atoms with van der Waals surface area (Å²) < 4.78 is 0. The summed E-state index contributed by atoms with van der Waals surface area (Å²) in [4.78, 5) is 52.4. The second-order valence-electron chi connectivity index (χ2n) is 10.2. The molecule has 9 nitrogen and oxygen atoms in total. The van der Waals surface area contributed by atoms with Gasteiger partial charge in [0, 0.05) is 13.0 Å². The SMILES string of the molecule is CC(C)CC(N)C(=O)NC(Cc1ccccc1)C(=O)NC(CC(C)C)C(=O)N1CCCC1C(=O)O. The first kappa shape index (κ1) is 28.3. The van der Waals surface area contributed by atoms with Crippen molar-refractivity contribution in [1.29, 1.82) is 0 Å². The van der Waals surface area contributed by atoms with Gasteiger partial charge in [0.05, 0.1) is 6.04 Å². The number of hydrogen-bond donors (Lipinski definition) is 4. The zero-order chi connectivity index (χ0) is 26.1. The fraction of sp³-hybridized carbons (Fsp3) is 0.615. The lowest BCUT2D eigenvalue weighted by atomic mass is 9.99. The van der Waals surface area contributed by atoms with Crippen molar-refractivity contribution in [2.45, 2.75) is 84.0 Å². The molecule has 2 rings (SSSR count). The van der Waals surface area contributed by atoms with Gasteiger partial charge in [-0.25, -0.2) is 4.79 Å².